The summed E-state index contributed by atoms with van der Waals surface area (Å²) in [5, 5.41) is 1.48. The maximum absolute atomic E-state index is 6.09. The quantitative estimate of drug-likeness (QED) is 0.689. The van der Waals surface area contributed by atoms with Crippen LogP contribution in [-0.4, -0.2) is 18.8 Å². The second-order valence-corrected chi connectivity index (χ2v) is 8.94. The summed E-state index contributed by atoms with van der Waals surface area (Å²) in [7, 11) is -1.27. The third kappa shape index (κ3) is 3.40. The third-order valence-corrected chi connectivity index (χ3v) is 8.12. The second-order valence-electron chi connectivity index (χ2n) is 3.68. The van der Waals surface area contributed by atoms with Crippen molar-refractivity contribution >= 4 is 24.0 Å². The zero-order valence-electron chi connectivity index (χ0n) is 9.42. The van der Waals surface area contributed by atoms with Gasteiger partial charge in [-0.2, -0.15) is 0 Å². The molecule has 1 aromatic rings. The fourth-order valence-electron chi connectivity index (χ4n) is 1.50. The van der Waals surface area contributed by atoms with Crippen LogP contribution in [0, 0.1) is 6.92 Å². The van der Waals surface area contributed by atoms with E-state index in [0.29, 0.717) is 0 Å². The molecule has 0 N–H and O–H groups in total. The van der Waals surface area contributed by atoms with Crippen molar-refractivity contribution in [3.05, 3.63) is 29.8 Å². The predicted molar refractivity (Wildman–Crippen MR) is 68.6 cm³/mol. The number of rotatable bonds is 5. The summed E-state index contributed by atoms with van der Waals surface area (Å²) in [6.45, 7) is 6.69. The first-order valence-corrected chi connectivity index (χ1v) is 8.82. The molecular formula is C11H20OSi2. The van der Waals surface area contributed by atoms with E-state index in [9.17, 15) is 0 Å². The first kappa shape index (κ1) is 11.7. The van der Waals surface area contributed by atoms with Crippen molar-refractivity contribution in [2.75, 3.05) is 0 Å². The first-order chi connectivity index (χ1) is 6.77. The molecule has 0 saturated carbocycles. The van der Waals surface area contributed by atoms with E-state index in [1.165, 1.54) is 22.8 Å². The van der Waals surface area contributed by atoms with Crippen LogP contribution in [0.2, 0.25) is 12.1 Å². The minimum Gasteiger partial charge on any atom is -0.459 e. The smallest absolute Gasteiger partial charge is 0.178 e. The molecule has 1 rings (SSSR count). The molecule has 0 aromatic heterocycles. The van der Waals surface area contributed by atoms with Gasteiger partial charge in [-0.1, -0.05) is 43.7 Å². The van der Waals surface area contributed by atoms with E-state index in [1.54, 1.807) is 0 Å². The van der Waals surface area contributed by atoms with E-state index >= 15 is 0 Å². The summed E-state index contributed by atoms with van der Waals surface area (Å²) in [6, 6.07) is 11.2. The maximum atomic E-state index is 6.09. The molecule has 0 heterocycles. The van der Waals surface area contributed by atoms with E-state index in [1.807, 2.05) is 0 Å². The lowest BCUT2D eigenvalue weighted by Crippen LogP contribution is -2.27. The number of benzene rings is 1. The molecule has 78 valence electrons. The molecule has 0 saturated heterocycles. The van der Waals surface area contributed by atoms with Gasteiger partial charge in [0.2, 0.25) is 0 Å². The summed E-state index contributed by atoms with van der Waals surface area (Å²) in [5.74, 6) is 0. The third-order valence-electron chi connectivity index (χ3n) is 2.65. The molecule has 0 amide bonds. The molecular weight excluding hydrogens is 204 g/mol. The van der Waals surface area contributed by atoms with Crippen molar-refractivity contribution in [3.63, 3.8) is 0 Å². The van der Waals surface area contributed by atoms with Crippen LogP contribution < -0.4 is 5.19 Å². The summed E-state index contributed by atoms with van der Waals surface area (Å²) in [5.41, 5.74) is 1.40. The number of hydrogen-bond acceptors (Lipinski definition) is 1. The second kappa shape index (κ2) is 6.16. The van der Waals surface area contributed by atoms with Gasteiger partial charge < -0.3 is 4.12 Å². The Labute approximate surface area is 91.2 Å². The number of aryl methyl sites for hydroxylation is 1. The highest BCUT2D eigenvalue weighted by atomic mass is 28.3. The molecule has 1 nitrogen and oxygen atoms in total. The van der Waals surface area contributed by atoms with E-state index in [-0.39, 0.29) is 0 Å². The summed E-state index contributed by atoms with van der Waals surface area (Å²) < 4.78 is 6.09. The Morgan fingerprint density at radius 2 is 1.86 bits per heavy atom. The highest BCUT2D eigenvalue weighted by Crippen LogP contribution is 1.99. The Kier molecular flexibility index (Phi) is 5.15. The van der Waals surface area contributed by atoms with Gasteiger partial charge in [0.05, 0.1) is 0 Å². The average Bonchev–Trinajstić information content (AvgIpc) is 2.22. The molecule has 0 atom stereocenters. The zero-order valence-corrected chi connectivity index (χ0v) is 12.0. The van der Waals surface area contributed by atoms with Crippen LogP contribution in [-0.2, 0) is 4.12 Å². The largest absolute Gasteiger partial charge is 0.459 e. The van der Waals surface area contributed by atoms with Gasteiger partial charge in [0.1, 0.15) is 0 Å². The van der Waals surface area contributed by atoms with E-state index in [0.717, 1.165) is 0 Å². The van der Waals surface area contributed by atoms with Gasteiger partial charge in [0.15, 0.2) is 18.8 Å². The predicted octanol–water partition coefficient (Wildman–Crippen LogP) is 1.48. The van der Waals surface area contributed by atoms with Crippen LogP contribution in [0.1, 0.15) is 19.4 Å². The SMILES string of the molecule is CC[SiH](CC)O[SiH2]c1ccccc1C. The summed E-state index contributed by atoms with van der Waals surface area (Å²) in [4.78, 5) is 0. The van der Waals surface area contributed by atoms with Crippen LogP contribution in [0.4, 0.5) is 0 Å². The van der Waals surface area contributed by atoms with Crippen molar-refractivity contribution < 1.29 is 4.12 Å². The normalized spacial score (nSPS) is 11.7. The van der Waals surface area contributed by atoms with Gasteiger partial charge in [0.25, 0.3) is 0 Å². The Hall–Kier alpha value is -0.386. The van der Waals surface area contributed by atoms with Gasteiger partial charge in [-0.3, -0.25) is 0 Å². The average molecular weight is 224 g/mol. The molecule has 0 aliphatic carbocycles. The van der Waals surface area contributed by atoms with Crippen molar-refractivity contribution in [2.24, 2.45) is 0 Å². The standard InChI is InChI=1S/C11H20OSi2/c1-4-14(5-2)12-13-11-9-7-6-8-10(11)3/h6-9,14H,4-5,13H2,1-3H3. The van der Waals surface area contributed by atoms with Crippen molar-refractivity contribution in [1.82, 2.24) is 0 Å². The Morgan fingerprint density at radius 1 is 1.21 bits per heavy atom. The highest BCUT2D eigenvalue weighted by molar-refractivity contribution is 6.63. The Morgan fingerprint density at radius 3 is 2.43 bits per heavy atom. The molecule has 0 spiro atoms. The fourth-order valence-corrected chi connectivity index (χ4v) is 6.21. The number of hydrogen-bond donors (Lipinski definition) is 0. The molecule has 0 aliphatic heterocycles. The molecule has 0 fully saturated rings. The first-order valence-electron chi connectivity index (χ1n) is 5.44. The molecule has 0 radical (unpaired) electrons. The fraction of sp³-hybridized carbons (Fsp3) is 0.455. The van der Waals surface area contributed by atoms with Crippen LogP contribution in [0.5, 0.6) is 0 Å². The van der Waals surface area contributed by atoms with E-state index < -0.39 is 18.8 Å². The molecule has 0 bridgehead atoms. The zero-order chi connectivity index (χ0) is 10.4. The van der Waals surface area contributed by atoms with Crippen LogP contribution in [0.25, 0.3) is 0 Å². The molecule has 1 aromatic carbocycles. The van der Waals surface area contributed by atoms with Crippen molar-refractivity contribution in [2.45, 2.75) is 32.9 Å². The van der Waals surface area contributed by atoms with Crippen LogP contribution >= 0.6 is 0 Å². The summed E-state index contributed by atoms with van der Waals surface area (Å²) >= 11 is 0. The van der Waals surface area contributed by atoms with Crippen LogP contribution in [0.3, 0.4) is 0 Å². The van der Waals surface area contributed by atoms with Gasteiger partial charge in [-0.05, 0) is 24.2 Å². The van der Waals surface area contributed by atoms with Crippen molar-refractivity contribution in [3.8, 4) is 0 Å². The van der Waals surface area contributed by atoms with Crippen molar-refractivity contribution in [1.29, 1.82) is 0 Å². The van der Waals surface area contributed by atoms with E-state index in [2.05, 4.69) is 45.0 Å². The molecule has 0 unspecified atom stereocenters. The minimum absolute atomic E-state index is 0.448. The summed E-state index contributed by atoms with van der Waals surface area (Å²) in [6.07, 6.45) is 0. The maximum Gasteiger partial charge on any atom is 0.178 e. The minimum atomic E-state index is -0.821. The highest BCUT2D eigenvalue weighted by Gasteiger charge is 2.06. The van der Waals surface area contributed by atoms with Gasteiger partial charge in [-0.15, -0.1) is 0 Å². The van der Waals surface area contributed by atoms with Gasteiger partial charge >= 0.3 is 0 Å². The Bertz CT molecular complexity index is 272. The molecule has 0 aliphatic rings. The monoisotopic (exact) mass is 224 g/mol. The Balaban J connectivity index is 2.49. The lowest BCUT2D eigenvalue weighted by atomic mass is 10.2. The van der Waals surface area contributed by atoms with E-state index in [4.69, 9.17) is 4.12 Å². The van der Waals surface area contributed by atoms with Gasteiger partial charge in [-0.25, -0.2) is 0 Å². The molecule has 14 heavy (non-hydrogen) atoms. The lowest BCUT2D eigenvalue weighted by Gasteiger charge is -2.13. The van der Waals surface area contributed by atoms with Crippen LogP contribution in [0.15, 0.2) is 24.3 Å². The topological polar surface area (TPSA) is 9.23 Å². The van der Waals surface area contributed by atoms with Gasteiger partial charge in [0, 0.05) is 0 Å². The lowest BCUT2D eigenvalue weighted by molar-refractivity contribution is 0.616. The molecule has 3 heteroatoms.